The molecule has 2 N–H and O–H groups in total. The van der Waals surface area contributed by atoms with Gasteiger partial charge < -0.3 is 15.4 Å². The summed E-state index contributed by atoms with van der Waals surface area (Å²) in [6, 6.07) is 9.40. The Morgan fingerprint density at radius 1 is 1.00 bits per heavy atom. The van der Waals surface area contributed by atoms with Crippen molar-refractivity contribution in [1.82, 2.24) is 40.5 Å². The van der Waals surface area contributed by atoms with E-state index in [1.807, 2.05) is 36.4 Å². The second-order valence-corrected chi connectivity index (χ2v) is 8.15. The molecular formula is C24H30N8O4. The summed E-state index contributed by atoms with van der Waals surface area (Å²) >= 11 is 0. The number of hydrogen-bond donors (Lipinski definition) is 2. The van der Waals surface area contributed by atoms with Gasteiger partial charge in [-0.2, -0.15) is 0 Å². The molecule has 0 saturated heterocycles. The number of pyridine rings is 2. The number of esters is 1. The van der Waals surface area contributed by atoms with E-state index in [0.29, 0.717) is 30.6 Å². The molecule has 0 aliphatic carbocycles. The minimum absolute atomic E-state index is 0.277. The van der Waals surface area contributed by atoms with Crippen LogP contribution in [0.4, 0.5) is 0 Å². The van der Waals surface area contributed by atoms with Crippen LogP contribution in [-0.2, 0) is 45.3 Å². The molecule has 0 aliphatic heterocycles. The number of carbonyl (C=O) groups excluding carboxylic acids is 3. The second kappa shape index (κ2) is 13.0. The highest BCUT2D eigenvalue weighted by Crippen LogP contribution is 2.10. The zero-order chi connectivity index (χ0) is 26.8. The van der Waals surface area contributed by atoms with E-state index in [2.05, 4.69) is 35.2 Å². The lowest BCUT2D eigenvalue weighted by atomic mass is 10.2. The van der Waals surface area contributed by atoms with Gasteiger partial charge in [0.05, 0.1) is 30.4 Å². The number of nitrogens with one attached hydrogen (secondary N) is 2. The molecule has 0 aromatic carbocycles. The van der Waals surface area contributed by atoms with Crippen LogP contribution in [-0.4, -0.2) is 66.8 Å². The Balaban J connectivity index is 1.61. The lowest BCUT2D eigenvalue weighted by Crippen LogP contribution is -2.50. The smallest absolute Gasteiger partial charge is 0.328 e. The topological polar surface area (TPSA) is 144 Å². The van der Waals surface area contributed by atoms with Crippen molar-refractivity contribution >= 4 is 17.8 Å². The number of aromatic nitrogens is 5. The van der Waals surface area contributed by atoms with E-state index >= 15 is 0 Å². The maximum absolute atomic E-state index is 12.6. The summed E-state index contributed by atoms with van der Waals surface area (Å²) in [6.07, 6.45) is 5.10. The quantitative estimate of drug-likeness (QED) is 0.342. The zero-order valence-corrected chi connectivity index (χ0v) is 20.4. The van der Waals surface area contributed by atoms with Crippen molar-refractivity contribution in [3.8, 4) is 0 Å². The van der Waals surface area contributed by atoms with E-state index in [9.17, 15) is 14.4 Å². The molecule has 3 heterocycles. The summed E-state index contributed by atoms with van der Waals surface area (Å²) in [7, 11) is 1.21. The molecule has 0 saturated carbocycles. The van der Waals surface area contributed by atoms with Crippen LogP contribution in [0.2, 0.25) is 1.41 Å². The van der Waals surface area contributed by atoms with Crippen LogP contribution in [0, 0.1) is 0 Å². The van der Waals surface area contributed by atoms with Crippen LogP contribution >= 0.6 is 0 Å². The van der Waals surface area contributed by atoms with Crippen molar-refractivity contribution in [3.63, 3.8) is 0 Å². The molecule has 0 aliphatic rings. The third-order valence-corrected chi connectivity index (χ3v) is 5.12. The first kappa shape index (κ1) is 24.9. The molecule has 190 valence electrons. The van der Waals surface area contributed by atoms with E-state index in [1.165, 1.54) is 25.6 Å². The Bertz CT molecular complexity index is 1140. The van der Waals surface area contributed by atoms with Crippen molar-refractivity contribution in [2.75, 3.05) is 7.11 Å². The van der Waals surface area contributed by atoms with Gasteiger partial charge in [-0.3, -0.25) is 24.5 Å². The molecule has 3 rings (SSSR count). The monoisotopic (exact) mass is 495 g/mol. The lowest BCUT2D eigenvalue weighted by molar-refractivity contribution is -0.144. The van der Waals surface area contributed by atoms with Gasteiger partial charge in [0.2, 0.25) is 11.8 Å². The van der Waals surface area contributed by atoms with Crippen molar-refractivity contribution in [2.45, 2.75) is 52.1 Å². The highest BCUT2D eigenvalue weighted by atomic mass is 16.5. The number of hydrogen-bond acceptors (Lipinski definition) is 9. The summed E-state index contributed by atoms with van der Waals surface area (Å²) < 4.78 is 13.9. The predicted molar refractivity (Wildman–Crippen MR) is 129 cm³/mol. The fourth-order valence-electron chi connectivity index (χ4n) is 3.35. The Morgan fingerprint density at radius 2 is 1.61 bits per heavy atom. The van der Waals surface area contributed by atoms with E-state index in [1.54, 1.807) is 18.6 Å². The summed E-state index contributed by atoms with van der Waals surface area (Å²) in [5.41, 5.74) is 2.40. The molecule has 3 aromatic rings. The summed E-state index contributed by atoms with van der Waals surface area (Å²) in [5, 5.41) is 11.1. The van der Waals surface area contributed by atoms with Gasteiger partial charge in [0.15, 0.2) is 1.41 Å². The first-order chi connectivity index (χ1) is 17.8. The molecule has 0 bridgehead atoms. The van der Waals surface area contributed by atoms with Crippen molar-refractivity contribution in [3.05, 3.63) is 72.1 Å². The fourth-order valence-corrected chi connectivity index (χ4v) is 3.35. The van der Waals surface area contributed by atoms with Gasteiger partial charge >= 0.3 is 5.97 Å². The normalized spacial score (nSPS) is 12.9. The second-order valence-electron chi connectivity index (χ2n) is 8.15. The number of ether oxygens (including phenoxy) is 1. The van der Waals surface area contributed by atoms with Crippen LogP contribution in [0.1, 0.15) is 30.9 Å². The highest BCUT2D eigenvalue weighted by molar-refractivity contribution is 5.90. The molecule has 12 nitrogen and oxygen atoms in total. The number of rotatable bonds is 12. The number of amides is 2. The minimum Gasteiger partial charge on any atom is -0.467 e. The van der Waals surface area contributed by atoms with Crippen molar-refractivity contribution < 1.29 is 20.5 Å². The molecule has 36 heavy (non-hydrogen) atoms. The van der Waals surface area contributed by atoms with Crippen LogP contribution in [0.25, 0.3) is 0 Å². The Kier molecular flexibility index (Phi) is 9.03. The highest BCUT2D eigenvalue weighted by Gasteiger charge is 2.21. The Morgan fingerprint density at radius 3 is 2.17 bits per heavy atom. The first-order valence-corrected chi connectivity index (χ1v) is 11.4. The maximum Gasteiger partial charge on any atom is 0.328 e. The van der Waals surface area contributed by atoms with Crippen LogP contribution in [0.15, 0.2) is 55.0 Å². The van der Waals surface area contributed by atoms with Gasteiger partial charge in [0.1, 0.15) is 18.6 Å². The number of nitrogens with zero attached hydrogens (tertiary/aromatic N) is 6. The molecule has 12 heteroatoms. The molecule has 0 fully saturated rings. The van der Waals surface area contributed by atoms with Crippen molar-refractivity contribution in [2.24, 2.45) is 0 Å². The average molecular weight is 496 g/mol. The van der Waals surface area contributed by atoms with Gasteiger partial charge in [0.25, 0.3) is 0 Å². The standard InChI is InChI=1S/C24H30N8O4/c1-17(23(34)28-18(2)24(35)36-3)27-22(33)16-32-15-21(29-30-32)14-31(12-19-8-4-6-10-25-19)13-20-9-5-7-11-26-20/h4-11,15,17-18H,12-14,16H2,1-3H3,(H,27,33)(H,28,34)/t17-,18+/m1/s1/i/hD. The van der Waals surface area contributed by atoms with Gasteiger partial charge in [-0.25, -0.2) is 9.48 Å². The SMILES string of the molecule is [2H]N(C(=O)Cn1cc(CN(Cc2ccccn2)Cc2ccccn2)nn1)[C@H](C)C(=O)N[C@@H](C)C(=O)OC. The molecule has 2 atom stereocenters. The lowest BCUT2D eigenvalue weighted by Gasteiger charge is -2.20. The third kappa shape index (κ3) is 8.24. The molecule has 0 spiro atoms. The van der Waals surface area contributed by atoms with Crippen LogP contribution in [0.5, 0.6) is 0 Å². The van der Waals surface area contributed by atoms with Gasteiger partial charge in [-0.05, 0) is 38.1 Å². The van der Waals surface area contributed by atoms with E-state index in [0.717, 1.165) is 11.4 Å². The van der Waals surface area contributed by atoms with Crippen LogP contribution < -0.4 is 10.6 Å². The molecular weight excluding hydrogens is 464 g/mol. The Hall–Kier alpha value is -4.19. The summed E-state index contributed by atoms with van der Waals surface area (Å²) in [4.78, 5) is 47.3. The van der Waals surface area contributed by atoms with Gasteiger partial charge in [-0.1, -0.05) is 17.3 Å². The average Bonchev–Trinajstić information content (AvgIpc) is 3.34. The van der Waals surface area contributed by atoms with E-state index < -0.39 is 29.9 Å². The zero-order valence-electron chi connectivity index (χ0n) is 21.4. The Labute approximate surface area is 210 Å². The molecule has 2 amide bonds. The van der Waals surface area contributed by atoms with Gasteiger partial charge in [0, 0.05) is 32.0 Å². The number of methoxy groups -OCH3 is 1. The maximum atomic E-state index is 12.6. The predicted octanol–water partition coefficient (Wildman–Crippen LogP) is 0.453. The van der Waals surface area contributed by atoms with Gasteiger partial charge in [-0.15, -0.1) is 5.10 Å². The number of carbonyl (C=O) groups is 3. The van der Waals surface area contributed by atoms with Crippen molar-refractivity contribution in [1.29, 1.82) is 0 Å². The molecule has 0 radical (unpaired) electrons. The molecule has 3 aromatic heterocycles. The molecule has 0 unspecified atom stereocenters. The van der Waals surface area contributed by atoms with E-state index in [-0.39, 0.29) is 6.54 Å². The van der Waals surface area contributed by atoms with Crippen LogP contribution in [0.3, 0.4) is 0 Å². The summed E-state index contributed by atoms with van der Waals surface area (Å²) in [6.45, 7) is 4.11. The summed E-state index contributed by atoms with van der Waals surface area (Å²) in [5.74, 6) is -1.94. The third-order valence-electron chi connectivity index (χ3n) is 5.12. The minimum atomic E-state index is -1.13. The first-order valence-electron chi connectivity index (χ1n) is 11.8. The van der Waals surface area contributed by atoms with E-state index in [4.69, 9.17) is 1.41 Å². The fraction of sp³-hybridized carbons (Fsp3) is 0.375. The largest absolute Gasteiger partial charge is 0.467 e.